The molecule has 0 saturated carbocycles. The van der Waals surface area contributed by atoms with Crippen molar-refractivity contribution in [2.24, 2.45) is 0 Å². The average molecular weight is 557 g/mol. The minimum atomic E-state index is -1.42. The summed E-state index contributed by atoms with van der Waals surface area (Å²) in [5.41, 5.74) is 3.88. The van der Waals surface area contributed by atoms with E-state index in [1.807, 2.05) is 55.6 Å². The molecule has 0 radical (unpaired) electrons. The molecule has 1 unspecified atom stereocenters. The van der Waals surface area contributed by atoms with Crippen LogP contribution in [-0.2, 0) is 4.52 Å². The van der Waals surface area contributed by atoms with Crippen LogP contribution in [0.15, 0.2) is 73.1 Å². The molecule has 2 N–H and O–H groups in total. The molecule has 0 saturated heterocycles. The summed E-state index contributed by atoms with van der Waals surface area (Å²) in [6.07, 6.45) is 3.58. The largest absolute Gasteiger partial charge is 0.477 e. The number of halogens is 2. The molecule has 11 heteroatoms. The molecule has 36 heavy (non-hydrogen) atoms. The lowest BCUT2D eigenvalue weighted by molar-refractivity contribution is 0.0703. The van der Waals surface area contributed by atoms with Crippen molar-refractivity contribution in [1.82, 2.24) is 14.6 Å². The van der Waals surface area contributed by atoms with Gasteiger partial charge >= 0.3 is 5.97 Å². The Morgan fingerprint density at radius 2 is 1.92 bits per heavy atom. The Labute approximate surface area is 222 Å². The van der Waals surface area contributed by atoms with E-state index in [0.717, 1.165) is 32.6 Å². The van der Waals surface area contributed by atoms with Crippen molar-refractivity contribution < 1.29 is 14.4 Å². The van der Waals surface area contributed by atoms with Crippen molar-refractivity contribution in [2.45, 2.75) is 6.92 Å². The van der Waals surface area contributed by atoms with Crippen molar-refractivity contribution in [3.63, 3.8) is 0 Å². The number of rotatable bonds is 8. The van der Waals surface area contributed by atoms with E-state index in [4.69, 9.17) is 27.7 Å². The normalized spacial score (nSPS) is 12.1. The monoisotopic (exact) mass is 556 g/mol. The number of fused-ring (bicyclic) bond motifs is 1. The number of nitrogens with zero attached hydrogens (tertiary/aromatic N) is 3. The van der Waals surface area contributed by atoms with Crippen molar-refractivity contribution in [3.05, 3.63) is 88.0 Å². The van der Waals surface area contributed by atoms with Crippen LogP contribution in [-0.4, -0.2) is 32.3 Å². The summed E-state index contributed by atoms with van der Waals surface area (Å²) < 4.78 is 7.64. The van der Waals surface area contributed by atoms with Crippen LogP contribution in [0.4, 0.5) is 5.69 Å². The van der Waals surface area contributed by atoms with Crippen LogP contribution in [0, 0.1) is 0 Å². The first-order chi connectivity index (χ1) is 17.4. The number of thiophene rings is 1. The Morgan fingerprint density at radius 1 is 1.14 bits per heavy atom. The number of hydrogen-bond acceptors (Lipinski definition) is 6. The number of hydrogen-bond donors (Lipinski definition) is 2. The molecule has 5 rings (SSSR count). The Hall–Kier alpha value is -3.00. The molecule has 0 spiro atoms. The fraction of sp³-hybridized carbons (Fsp3) is 0.0800. The maximum absolute atomic E-state index is 12.1. The number of nitrogens with one attached hydrogen (secondary N) is 1. The number of carboxylic acid groups (broad SMARTS) is 1. The first-order valence-corrected chi connectivity index (χ1v) is 13.7. The third-order valence-electron chi connectivity index (χ3n) is 5.24. The van der Waals surface area contributed by atoms with Crippen LogP contribution in [0.1, 0.15) is 16.6 Å². The highest BCUT2D eigenvalue weighted by Crippen LogP contribution is 2.44. The highest BCUT2D eigenvalue weighted by Gasteiger charge is 2.22. The maximum atomic E-state index is 12.1. The van der Waals surface area contributed by atoms with Crippen molar-refractivity contribution in [1.29, 1.82) is 0 Å². The second kappa shape index (κ2) is 10.5. The highest BCUT2D eigenvalue weighted by molar-refractivity contribution is 7.62. The Bertz CT molecular complexity index is 1520. The minimum absolute atomic E-state index is 0.192. The van der Waals surface area contributed by atoms with Crippen molar-refractivity contribution in [2.75, 3.05) is 11.7 Å². The number of anilines is 1. The summed E-state index contributed by atoms with van der Waals surface area (Å²) in [4.78, 5) is 17.4. The molecule has 0 bridgehead atoms. The van der Waals surface area contributed by atoms with E-state index in [2.05, 4.69) is 15.2 Å². The van der Waals surface area contributed by atoms with Gasteiger partial charge in [0.1, 0.15) is 4.88 Å². The summed E-state index contributed by atoms with van der Waals surface area (Å²) in [7, 11) is -1.42. The van der Waals surface area contributed by atoms with Gasteiger partial charge in [0.25, 0.3) is 0 Å². The molecule has 0 aliphatic rings. The first kappa shape index (κ1) is 24.7. The second-order valence-electron chi connectivity index (χ2n) is 7.61. The highest BCUT2D eigenvalue weighted by atomic mass is 35.5. The van der Waals surface area contributed by atoms with Gasteiger partial charge < -0.3 is 14.7 Å². The number of aromatic nitrogens is 3. The lowest BCUT2D eigenvalue weighted by Crippen LogP contribution is -2.12. The van der Waals surface area contributed by atoms with Gasteiger partial charge in [0.05, 0.1) is 23.0 Å². The van der Waals surface area contributed by atoms with Gasteiger partial charge in [-0.3, -0.25) is 0 Å². The van der Waals surface area contributed by atoms with E-state index in [1.165, 1.54) is 11.3 Å². The molecule has 182 valence electrons. The van der Waals surface area contributed by atoms with Gasteiger partial charge in [-0.2, -0.15) is 5.10 Å². The molecule has 5 aromatic rings. The summed E-state index contributed by atoms with van der Waals surface area (Å²) in [5, 5.41) is 19.4. The number of carbonyl (C=O) groups is 1. The van der Waals surface area contributed by atoms with Crippen molar-refractivity contribution in [3.8, 4) is 21.7 Å². The predicted molar refractivity (Wildman–Crippen MR) is 147 cm³/mol. The third-order valence-corrected chi connectivity index (χ3v) is 8.88. The fourth-order valence-electron chi connectivity index (χ4n) is 3.60. The van der Waals surface area contributed by atoms with E-state index in [9.17, 15) is 9.90 Å². The van der Waals surface area contributed by atoms with Gasteiger partial charge in [-0.15, -0.1) is 11.3 Å². The van der Waals surface area contributed by atoms with E-state index >= 15 is 0 Å². The summed E-state index contributed by atoms with van der Waals surface area (Å²) in [6.45, 7) is 2.30. The molecule has 3 heterocycles. The number of benzene rings is 2. The SMILES string of the molecule is CCOP(Nc1cc(-c2ccc(-c3cc4ncccn4n3)cc2)sc1C(=O)O)c1ccc(Cl)cc1Cl. The van der Waals surface area contributed by atoms with E-state index in [1.54, 1.807) is 28.9 Å². The van der Waals surface area contributed by atoms with Crippen LogP contribution in [0.2, 0.25) is 10.0 Å². The first-order valence-electron chi connectivity index (χ1n) is 10.9. The fourth-order valence-corrected chi connectivity index (χ4v) is 6.72. The average Bonchev–Trinajstić information content (AvgIpc) is 3.49. The maximum Gasteiger partial charge on any atom is 0.348 e. The van der Waals surface area contributed by atoms with Crippen LogP contribution < -0.4 is 10.4 Å². The molecular formula is C25H19Cl2N4O3PS. The second-order valence-corrected chi connectivity index (χ2v) is 11.1. The quantitative estimate of drug-likeness (QED) is 0.196. The molecule has 1 atom stereocenters. The molecule has 7 nitrogen and oxygen atoms in total. The Balaban J connectivity index is 1.45. The summed E-state index contributed by atoms with van der Waals surface area (Å²) in [6, 6.07) is 18.6. The minimum Gasteiger partial charge on any atom is -0.477 e. The Morgan fingerprint density at radius 3 is 2.61 bits per heavy atom. The molecular weight excluding hydrogens is 538 g/mol. The number of aromatic carboxylic acids is 1. The summed E-state index contributed by atoms with van der Waals surface area (Å²) >= 11 is 13.7. The number of carboxylic acids is 1. The molecule has 0 amide bonds. The third kappa shape index (κ3) is 5.09. The zero-order valence-electron chi connectivity index (χ0n) is 18.9. The van der Waals surface area contributed by atoms with Gasteiger partial charge in [-0.25, -0.2) is 14.3 Å². The van der Waals surface area contributed by atoms with Gasteiger partial charge in [-0.05, 0) is 42.8 Å². The zero-order valence-corrected chi connectivity index (χ0v) is 22.1. The van der Waals surface area contributed by atoms with Gasteiger partial charge in [0.15, 0.2) is 13.9 Å². The van der Waals surface area contributed by atoms with Crippen molar-refractivity contribution >= 4 is 65.4 Å². The smallest absolute Gasteiger partial charge is 0.348 e. The van der Waals surface area contributed by atoms with Crippen LogP contribution >= 0.6 is 42.8 Å². The van der Waals surface area contributed by atoms with Gasteiger partial charge in [-0.1, -0.05) is 47.5 Å². The zero-order chi connectivity index (χ0) is 25.2. The van der Waals surface area contributed by atoms with E-state index in [0.29, 0.717) is 22.3 Å². The van der Waals surface area contributed by atoms with E-state index < -0.39 is 14.3 Å². The molecule has 0 aliphatic carbocycles. The van der Waals surface area contributed by atoms with Crippen LogP contribution in [0.5, 0.6) is 0 Å². The topological polar surface area (TPSA) is 88.8 Å². The lowest BCUT2D eigenvalue weighted by atomic mass is 10.1. The molecule has 0 fully saturated rings. The predicted octanol–water partition coefficient (Wildman–Crippen LogP) is 7.22. The van der Waals surface area contributed by atoms with Gasteiger partial charge in [0.2, 0.25) is 0 Å². The molecule has 2 aromatic carbocycles. The van der Waals surface area contributed by atoms with E-state index in [-0.39, 0.29) is 4.88 Å². The van der Waals surface area contributed by atoms with Gasteiger partial charge in [0, 0.05) is 39.2 Å². The molecule has 0 aliphatic heterocycles. The van der Waals surface area contributed by atoms with Crippen LogP contribution in [0.3, 0.4) is 0 Å². The van der Waals surface area contributed by atoms with Crippen LogP contribution in [0.25, 0.3) is 27.3 Å². The Kier molecular flexibility index (Phi) is 7.23. The molecule has 3 aromatic heterocycles. The summed E-state index contributed by atoms with van der Waals surface area (Å²) in [5.74, 6) is -1.02. The standard InChI is InChI=1S/C25H19Cl2N4O3PS/c1-2-34-35(21-9-8-17(26)12-18(21)27)30-20-13-22(36-24(20)25(32)33)16-6-4-15(5-7-16)19-14-23-28-10-3-11-31(23)29-19/h3-14,30H,2H2,1H3,(H,32,33). The lowest BCUT2D eigenvalue weighted by Gasteiger charge is -2.20.